The van der Waals surface area contributed by atoms with E-state index >= 15 is 0 Å². The van der Waals surface area contributed by atoms with Gasteiger partial charge in [-0.25, -0.2) is 4.79 Å². The van der Waals surface area contributed by atoms with Crippen molar-refractivity contribution in [3.05, 3.63) is 35.9 Å². The Labute approximate surface area is 196 Å². The molecule has 1 aromatic rings. The zero-order chi connectivity index (χ0) is 23.1. The van der Waals surface area contributed by atoms with Gasteiger partial charge in [-0.3, -0.25) is 4.79 Å². The molecule has 31 heavy (non-hydrogen) atoms. The number of carbonyl (C=O) groups is 2. The Morgan fingerprint density at radius 1 is 1.16 bits per heavy atom. The lowest BCUT2D eigenvalue weighted by atomic mass is 10.0. The lowest BCUT2D eigenvalue weighted by molar-refractivity contribution is -0.142. The number of benzene rings is 1. The Morgan fingerprint density at radius 2 is 1.87 bits per heavy atom. The molecule has 0 saturated heterocycles. The van der Waals surface area contributed by atoms with Crippen molar-refractivity contribution in [2.45, 2.75) is 44.3 Å². The number of thiol groups is 1. The molecule has 1 aromatic carbocycles. The van der Waals surface area contributed by atoms with Crippen LogP contribution in [0.25, 0.3) is 0 Å². The van der Waals surface area contributed by atoms with Crippen LogP contribution in [0.15, 0.2) is 30.3 Å². The highest BCUT2D eigenvalue weighted by atomic mass is 32.2. The van der Waals surface area contributed by atoms with E-state index < -0.39 is 18.1 Å². The molecule has 4 atom stereocenters. The molecule has 0 bridgehead atoms. The van der Waals surface area contributed by atoms with Crippen LogP contribution < -0.4 is 21.7 Å². The van der Waals surface area contributed by atoms with E-state index in [2.05, 4.69) is 35.5 Å². The number of rotatable bonds is 17. The third-order valence-electron chi connectivity index (χ3n) is 4.99. The van der Waals surface area contributed by atoms with Gasteiger partial charge in [0.1, 0.15) is 6.04 Å². The predicted molar refractivity (Wildman–Crippen MR) is 133 cm³/mol. The van der Waals surface area contributed by atoms with E-state index in [0.717, 1.165) is 25.1 Å². The van der Waals surface area contributed by atoms with E-state index in [1.807, 2.05) is 36.6 Å². The second kappa shape index (κ2) is 16.4. The van der Waals surface area contributed by atoms with Gasteiger partial charge < -0.3 is 26.8 Å². The second-order valence-electron chi connectivity index (χ2n) is 7.87. The molecule has 0 radical (unpaired) electrons. The highest BCUT2D eigenvalue weighted by Crippen LogP contribution is 2.07. The average molecular weight is 471 g/mol. The minimum atomic E-state index is -1.00. The summed E-state index contributed by atoms with van der Waals surface area (Å²) >= 11 is 5.75. The summed E-state index contributed by atoms with van der Waals surface area (Å²) < 4.78 is 0. The first kappa shape index (κ1) is 27.8. The molecule has 0 aliphatic carbocycles. The van der Waals surface area contributed by atoms with E-state index in [-0.39, 0.29) is 11.9 Å². The highest BCUT2D eigenvalue weighted by molar-refractivity contribution is 7.98. The molecular weight excluding hydrogens is 432 g/mol. The predicted octanol–water partition coefficient (Wildman–Crippen LogP) is 1.38. The molecule has 1 unspecified atom stereocenters. The summed E-state index contributed by atoms with van der Waals surface area (Å²) in [6, 6.07) is 8.43. The van der Waals surface area contributed by atoms with Crippen molar-refractivity contribution in [3.8, 4) is 0 Å². The quantitative estimate of drug-likeness (QED) is 0.191. The molecular formula is C22H38N4O3S2. The number of carboxylic acids is 1. The first-order valence-electron chi connectivity index (χ1n) is 10.7. The monoisotopic (exact) mass is 470 g/mol. The molecule has 0 aliphatic rings. The second-order valence-corrected chi connectivity index (χ2v) is 9.22. The Hall–Kier alpha value is -1.26. The molecule has 176 valence electrons. The van der Waals surface area contributed by atoms with Crippen molar-refractivity contribution >= 4 is 36.3 Å². The molecule has 0 spiro atoms. The number of carbonyl (C=O) groups excluding carboxylic acids is 1. The van der Waals surface area contributed by atoms with Gasteiger partial charge in [-0.2, -0.15) is 24.4 Å². The summed E-state index contributed by atoms with van der Waals surface area (Å²) in [7, 11) is 0. The van der Waals surface area contributed by atoms with E-state index in [1.165, 1.54) is 0 Å². The Morgan fingerprint density at radius 3 is 2.48 bits per heavy atom. The number of hydrogen-bond acceptors (Lipinski definition) is 7. The lowest BCUT2D eigenvalue weighted by Gasteiger charge is -2.22. The third-order valence-corrected chi connectivity index (χ3v) is 6.10. The van der Waals surface area contributed by atoms with E-state index in [1.54, 1.807) is 11.8 Å². The maximum atomic E-state index is 12.9. The fourth-order valence-electron chi connectivity index (χ4n) is 3.06. The van der Waals surface area contributed by atoms with Crippen molar-refractivity contribution in [2.75, 3.05) is 37.4 Å². The Kier molecular flexibility index (Phi) is 14.7. The van der Waals surface area contributed by atoms with Gasteiger partial charge in [0.05, 0.1) is 6.04 Å². The average Bonchev–Trinajstić information content (AvgIpc) is 2.76. The van der Waals surface area contributed by atoms with Crippen LogP contribution in [0.2, 0.25) is 0 Å². The molecule has 1 amide bonds. The summed E-state index contributed by atoms with van der Waals surface area (Å²) in [5, 5.41) is 18.8. The minimum absolute atomic E-state index is 0.0425. The van der Waals surface area contributed by atoms with Crippen molar-refractivity contribution in [2.24, 2.45) is 11.7 Å². The SMILES string of the molecule is CSCC[C@H](NC(=O)[C@H](Cc1ccccc1)NCCC(C)CNC[C@@H](N)CS)C(=O)O. The number of nitrogens with one attached hydrogen (secondary N) is 3. The van der Waals surface area contributed by atoms with Crippen LogP contribution in [-0.2, 0) is 16.0 Å². The van der Waals surface area contributed by atoms with Gasteiger partial charge in [-0.1, -0.05) is 37.3 Å². The molecule has 0 fully saturated rings. The van der Waals surface area contributed by atoms with Gasteiger partial charge >= 0.3 is 5.97 Å². The van der Waals surface area contributed by atoms with Crippen LogP contribution in [0, 0.1) is 5.92 Å². The molecule has 0 heterocycles. The number of aliphatic carboxylic acids is 1. The molecule has 0 aromatic heterocycles. The molecule has 7 nitrogen and oxygen atoms in total. The van der Waals surface area contributed by atoms with Gasteiger partial charge in [0.2, 0.25) is 5.91 Å². The van der Waals surface area contributed by atoms with Crippen molar-refractivity contribution in [1.29, 1.82) is 0 Å². The summed E-state index contributed by atoms with van der Waals surface area (Å²) in [6.07, 6.45) is 3.71. The summed E-state index contributed by atoms with van der Waals surface area (Å²) in [4.78, 5) is 24.4. The molecule has 9 heteroatoms. The number of amides is 1. The van der Waals surface area contributed by atoms with Crippen LogP contribution in [0.1, 0.15) is 25.3 Å². The maximum Gasteiger partial charge on any atom is 0.326 e. The lowest BCUT2D eigenvalue weighted by Crippen LogP contribution is -2.51. The van der Waals surface area contributed by atoms with Crippen LogP contribution in [0.5, 0.6) is 0 Å². The van der Waals surface area contributed by atoms with Gasteiger partial charge in [0.15, 0.2) is 0 Å². The number of hydrogen-bond donors (Lipinski definition) is 6. The molecule has 0 aliphatic heterocycles. The maximum absolute atomic E-state index is 12.9. The normalized spacial score (nSPS) is 15.1. The van der Waals surface area contributed by atoms with Crippen molar-refractivity contribution in [3.63, 3.8) is 0 Å². The molecule has 0 saturated carbocycles. The van der Waals surface area contributed by atoms with Crippen LogP contribution >= 0.6 is 24.4 Å². The van der Waals surface area contributed by atoms with Crippen molar-refractivity contribution in [1.82, 2.24) is 16.0 Å². The van der Waals surface area contributed by atoms with E-state index in [4.69, 9.17) is 5.73 Å². The Bertz CT molecular complexity index is 636. The smallest absolute Gasteiger partial charge is 0.326 e. The number of nitrogens with two attached hydrogens (primary N) is 1. The summed E-state index contributed by atoms with van der Waals surface area (Å²) in [6.45, 7) is 4.38. The van der Waals surface area contributed by atoms with Gasteiger partial charge in [-0.05, 0) is 55.8 Å². The molecule has 6 N–H and O–H groups in total. The molecule has 1 rings (SSSR count). The Balaban J connectivity index is 2.62. The number of thioether (sulfide) groups is 1. The minimum Gasteiger partial charge on any atom is -0.480 e. The highest BCUT2D eigenvalue weighted by Gasteiger charge is 2.25. The van der Waals surface area contributed by atoms with Crippen LogP contribution in [-0.4, -0.2) is 72.5 Å². The first-order chi connectivity index (χ1) is 14.9. The van der Waals surface area contributed by atoms with Crippen LogP contribution in [0.3, 0.4) is 0 Å². The largest absolute Gasteiger partial charge is 0.480 e. The summed E-state index contributed by atoms with van der Waals surface area (Å²) in [5.41, 5.74) is 6.89. The van der Waals surface area contributed by atoms with Crippen molar-refractivity contribution < 1.29 is 14.7 Å². The third kappa shape index (κ3) is 12.4. The standard InChI is InChI=1S/C22H38N4O3S2/c1-16(13-24-14-18(23)15-30)8-10-25-20(12-17-6-4-3-5-7-17)21(27)26-19(22(28)29)9-11-31-2/h3-7,16,18-20,24-25,30H,8-15,23H2,1-2H3,(H,26,27)(H,28,29)/t16?,18-,19+,20+/m1/s1. The van der Waals surface area contributed by atoms with Gasteiger partial charge in [0, 0.05) is 18.3 Å². The fourth-order valence-corrected chi connectivity index (χ4v) is 3.66. The zero-order valence-corrected chi connectivity index (χ0v) is 20.3. The summed E-state index contributed by atoms with van der Waals surface area (Å²) in [5.74, 6) is 0.458. The number of carboxylic acid groups (broad SMARTS) is 1. The van der Waals surface area contributed by atoms with E-state index in [9.17, 15) is 14.7 Å². The van der Waals surface area contributed by atoms with E-state index in [0.29, 0.717) is 36.8 Å². The topological polar surface area (TPSA) is 116 Å². The first-order valence-corrected chi connectivity index (χ1v) is 12.8. The zero-order valence-electron chi connectivity index (χ0n) is 18.5. The fraction of sp³-hybridized carbons (Fsp3) is 0.636. The van der Waals surface area contributed by atoms with Crippen LogP contribution in [0.4, 0.5) is 0 Å². The van der Waals surface area contributed by atoms with Gasteiger partial charge in [-0.15, -0.1) is 0 Å². The van der Waals surface area contributed by atoms with Gasteiger partial charge in [0.25, 0.3) is 0 Å².